The van der Waals surface area contributed by atoms with Crippen molar-refractivity contribution >= 4 is 32.4 Å². The van der Waals surface area contributed by atoms with E-state index in [1.54, 1.807) is 0 Å². The molecule has 0 heterocycles. The van der Waals surface area contributed by atoms with Crippen molar-refractivity contribution in [3.05, 3.63) is 76.3 Å². The lowest BCUT2D eigenvalue weighted by Crippen LogP contribution is -2.02. The number of nitrogens with zero attached hydrogens (tertiary/aromatic N) is 1. The lowest BCUT2D eigenvalue weighted by atomic mass is 10.0. The summed E-state index contributed by atoms with van der Waals surface area (Å²) in [6, 6.07) is 22.6. The largest absolute Gasteiger partial charge is 0.380 e. The molecule has 1 N–H and O–H groups in total. The van der Waals surface area contributed by atoms with Crippen LogP contribution in [0.3, 0.4) is 0 Å². The van der Waals surface area contributed by atoms with Gasteiger partial charge >= 0.3 is 0 Å². The minimum Gasteiger partial charge on any atom is -0.380 e. The summed E-state index contributed by atoms with van der Waals surface area (Å²) in [4.78, 5) is 0. The summed E-state index contributed by atoms with van der Waals surface area (Å²) in [5, 5.41) is 15.1. The third kappa shape index (κ3) is 2.76. The van der Waals surface area contributed by atoms with E-state index in [1.165, 1.54) is 16.3 Å². The first kappa shape index (κ1) is 13.7. The van der Waals surface area contributed by atoms with E-state index in [0.717, 1.165) is 10.2 Å². The molecule has 0 aliphatic rings. The van der Waals surface area contributed by atoms with E-state index in [4.69, 9.17) is 0 Å². The summed E-state index contributed by atoms with van der Waals surface area (Å²) >= 11 is 3.41. The highest BCUT2D eigenvalue weighted by molar-refractivity contribution is 9.10. The molecule has 0 aromatic heterocycles. The van der Waals surface area contributed by atoms with Gasteiger partial charge in [-0.3, -0.25) is 0 Å². The van der Waals surface area contributed by atoms with Crippen LogP contribution in [0.4, 0.5) is 5.69 Å². The number of rotatable bonds is 3. The maximum absolute atomic E-state index is 9.25. The molecule has 2 nitrogen and oxygen atoms in total. The molecule has 3 aromatic rings. The maximum atomic E-state index is 9.25. The number of hydrogen-bond acceptors (Lipinski definition) is 2. The molecule has 0 aliphatic carbocycles. The Morgan fingerprint density at radius 2 is 1.71 bits per heavy atom. The molecule has 0 unspecified atom stereocenters. The van der Waals surface area contributed by atoms with Crippen LogP contribution in [0.25, 0.3) is 10.8 Å². The Bertz CT molecular complexity index is 829. The van der Waals surface area contributed by atoms with Gasteiger partial charge in [0.2, 0.25) is 0 Å². The number of nitriles is 1. The highest BCUT2D eigenvalue weighted by Gasteiger charge is 2.06. The number of nitrogens with one attached hydrogen (secondary N) is 1. The Morgan fingerprint density at radius 1 is 0.952 bits per heavy atom. The molecular weight excluding hydrogens is 324 g/mol. The quantitative estimate of drug-likeness (QED) is 0.723. The minimum absolute atomic E-state index is 0.637. The molecule has 0 fully saturated rings. The highest BCUT2D eigenvalue weighted by Crippen LogP contribution is 2.25. The van der Waals surface area contributed by atoms with Crippen molar-refractivity contribution in [1.82, 2.24) is 0 Å². The lowest BCUT2D eigenvalue weighted by molar-refractivity contribution is 1.16. The molecule has 3 aromatic carbocycles. The van der Waals surface area contributed by atoms with Gasteiger partial charge in [-0.1, -0.05) is 48.5 Å². The van der Waals surface area contributed by atoms with Crippen LogP contribution in [0.5, 0.6) is 0 Å². The first-order valence-electron chi connectivity index (χ1n) is 6.69. The summed E-state index contributed by atoms with van der Waals surface area (Å²) in [5.74, 6) is 0. The van der Waals surface area contributed by atoms with Gasteiger partial charge in [-0.15, -0.1) is 0 Å². The van der Waals surface area contributed by atoms with Crippen LogP contribution in [-0.2, 0) is 6.54 Å². The third-order valence-corrected chi connectivity index (χ3v) is 4.14. The molecule has 102 valence electrons. The van der Waals surface area contributed by atoms with E-state index in [9.17, 15) is 5.26 Å². The van der Waals surface area contributed by atoms with Gasteiger partial charge in [0.25, 0.3) is 0 Å². The van der Waals surface area contributed by atoms with Gasteiger partial charge in [0.05, 0.1) is 11.3 Å². The van der Waals surface area contributed by atoms with Gasteiger partial charge < -0.3 is 5.32 Å². The third-order valence-electron chi connectivity index (χ3n) is 3.47. The van der Waals surface area contributed by atoms with Gasteiger partial charge in [0, 0.05) is 11.0 Å². The Hall–Kier alpha value is -2.31. The van der Waals surface area contributed by atoms with Crippen molar-refractivity contribution in [1.29, 1.82) is 5.26 Å². The molecule has 0 amide bonds. The standard InChI is InChI=1S/C18H13BrN2/c19-17-9-4-10-18(16(17)11-20)21-12-14-7-3-6-13-5-1-2-8-15(13)14/h1-10,21H,12H2. The van der Waals surface area contributed by atoms with Gasteiger partial charge in [-0.2, -0.15) is 5.26 Å². The Labute approximate surface area is 132 Å². The van der Waals surface area contributed by atoms with Crippen LogP contribution in [0, 0.1) is 11.3 Å². The maximum Gasteiger partial charge on any atom is 0.103 e. The van der Waals surface area contributed by atoms with Crippen molar-refractivity contribution in [2.45, 2.75) is 6.54 Å². The normalized spacial score (nSPS) is 10.3. The van der Waals surface area contributed by atoms with E-state index >= 15 is 0 Å². The van der Waals surface area contributed by atoms with E-state index in [-0.39, 0.29) is 0 Å². The second-order valence-electron chi connectivity index (χ2n) is 4.77. The molecule has 0 atom stereocenters. The molecule has 0 radical (unpaired) electrons. The molecule has 21 heavy (non-hydrogen) atoms. The van der Waals surface area contributed by atoms with Crippen molar-refractivity contribution in [2.75, 3.05) is 5.32 Å². The zero-order valence-corrected chi connectivity index (χ0v) is 12.9. The first-order valence-corrected chi connectivity index (χ1v) is 7.48. The SMILES string of the molecule is N#Cc1c(Br)cccc1NCc1cccc2ccccc12. The van der Waals surface area contributed by atoms with Crippen molar-refractivity contribution in [3.8, 4) is 6.07 Å². The van der Waals surface area contributed by atoms with Gasteiger partial charge in [0.1, 0.15) is 6.07 Å². The van der Waals surface area contributed by atoms with Crippen molar-refractivity contribution < 1.29 is 0 Å². The molecule has 3 rings (SSSR count). The smallest absolute Gasteiger partial charge is 0.103 e. The zero-order chi connectivity index (χ0) is 14.7. The highest BCUT2D eigenvalue weighted by atomic mass is 79.9. The Balaban J connectivity index is 1.91. The fourth-order valence-corrected chi connectivity index (χ4v) is 2.88. The predicted molar refractivity (Wildman–Crippen MR) is 90.1 cm³/mol. The van der Waals surface area contributed by atoms with Crippen molar-refractivity contribution in [2.24, 2.45) is 0 Å². The lowest BCUT2D eigenvalue weighted by Gasteiger charge is -2.11. The fourth-order valence-electron chi connectivity index (χ4n) is 2.42. The molecule has 0 saturated heterocycles. The van der Waals surface area contributed by atoms with Gasteiger partial charge in [0.15, 0.2) is 0 Å². The summed E-state index contributed by atoms with van der Waals surface area (Å²) in [6.45, 7) is 0.687. The summed E-state index contributed by atoms with van der Waals surface area (Å²) in [5.41, 5.74) is 2.70. The van der Waals surface area contributed by atoms with Crippen molar-refractivity contribution in [3.63, 3.8) is 0 Å². The van der Waals surface area contributed by atoms with Crippen LogP contribution in [-0.4, -0.2) is 0 Å². The molecule has 0 bridgehead atoms. The molecule has 0 aliphatic heterocycles. The molecule has 0 spiro atoms. The van der Waals surface area contributed by atoms with Gasteiger partial charge in [-0.05, 0) is 44.4 Å². The van der Waals surface area contributed by atoms with Crippen LogP contribution in [0.1, 0.15) is 11.1 Å². The molecule has 0 saturated carbocycles. The van der Waals surface area contributed by atoms with Crippen LogP contribution < -0.4 is 5.32 Å². The monoisotopic (exact) mass is 336 g/mol. The summed E-state index contributed by atoms with van der Waals surface area (Å²) < 4.78 is 0.813. The van der Waals surface area contributed by atoms with Crippen LogP contribution in [0.2, 0.25) is 0 Å². The Morgan fingerprint density at radius 3 is 2.57 bits per heavy atom. The average Bonchev–Trinajstić information content (AvgIpc) is 2.53. The number of anilines is 1. The van der Waals surface area contributed by atoms with E-state index in [0.29, 0.717) is 12.1 Å². The minimum atomic E-state index is 0.637. The van der Waals surface area contributed by atoms with Crippen LogP contribution >= 0.6 is 15.9 Å². The summed E-state index contributed by atoms with van der Waals surface area (Å²) in [7, 11) is 0. The number of fused-ring (bicyclic) bond motifs is 1. The van der Waals surface area contributed by atoms with E-state index in [1.807, 2.05) is 30.3 Å². The van der Waals surface area contributed by atoms with E-state index in [2.05, 4.69) is 57.6 Å². The zero-order valence-electron chi connectivity index (χ0n) is 11.3. The molecular formula is C18H13BrN2. The number of benzene rings is 3. The fraction of sp³-hybridized carbons (Fsp3) is 0.0556. The average molecular weight is 337 g/mol. The number of hydrogen-bond donors (Lipinski definition) is 1. The van der Waals surface area contributed by atoms with Crippen LogP contribution in [0.15, 0.2) is 65.1 Å². The topological polar surface area (TPSA) is 35.8 Å². The van der Waals surface area contributed by atoms with E-state index < -0.39 is 0 Å². The Kier molecular flexibility index (Phi) is 3.89. The van der Waals surface area contributed by atoms with Gasteiger partial charge in [-0.25, -0.2) is 0 Å². The second-order valence-corrected chi connectivity index (χ2v) is 5.62. The summed E-state index contributed by atoms with van der Waals surface area (Å²) in [6.07, 6.45) is 0. The molecule has 3 heteroatoms. The first-order chi connectivity index (χ1) is 10.3. The number of halogens is 1. The predicted octanol–water partition coefficient (Wildman–Crippen LogP) is 5.09. The second kappa shape index (κ2) is 5.99.